The first-order chi connectivity index (χ1) is 8.11. The van der Waals surface area contributed by atoms with Gasteiger partial charge in [-0.25, -0.2) is 0 Å². The molecule has 0 aliphatic carbocycles. The first-order valence-electron chi connectivity index (χ1n) is 6.01. The van der Waals surface area contributed by atoms with E-state index in [9.17, 15) is 4.79 Å². The maximum absolute atomic E-state index is 11.6. The highest BCUT2D eigenvalue weighted by Crippen LogP contribution is 2.22. The first-order valence-corrected chi connectivity index (χ1v) is 6.01. The second-order valence-corrected chi connectivity index (χ2v) is 4.74. The minimum absolute atomic E-state index is 0.00519. The number of rotatable bonds is 2. The van der Waals surface area contributed by atoms with E-state index in [1.807, 2.05) is 11.1 Å². The molecule has 3 heteroatoms. The number of fused-ring (bicyclic) bond motifs is 1. The highest BCUT2D eigenvalue weighted by molar-refractivity contribution is 5.87. The van der Waals surface area contributed by atoms with Crippen LogP contribution < -0.4 is 0 Å². The largest absolute Gasteiger partial charge is 0.334 e. The third-order valence-electron chi connectivity index (χ3n) is 3.21. The summed E-state index contributed by atoms with van der Waals surface area (Å²) in [6, 6.07) is 2.18. The lowest BCUT2D eigenvalue weighted by Crippen LogP contribution is -2.35. The van der Waals surface area contributed by atoms with Gasteiger partial charge in [-0.2, -0.15) is 0 Å². The van der Waals surface area contributed by atoms with Gasteiger partial charge in [0, 0.05) is 31.4 Å². The quantitative estimate of drug-likeness (QED) is 0.730. The predicted molar refractivity (Wildman–Crippen MR) is 67.6 cm³/mol. The summed E-state index contributed by atoms with van der Waals surface area (Å²) in [5.74, 6) is 0.476. The third-order valence-corrected chi connectivity index (χ3v) is 3.21. The summed E-state index contributed by atoms with van der Waals surface area (Å²) >= 11 is 0. The van der Waals surface area contributed by atoms with Gasteiger partial charge in [-0.15, -0.1) is 0 Å². The summed E-state index contributed by atoms with van der Waals surface area (Å²) in [6.45, 7) is 9.24. The highest BCUT2D eigenvalue weighted by Gasteiger charge is 2.20. The number of carbonyl (C=O) groups excluding carboxylic acids is 1. The summed E-state index contributed by atoms with van der Waals surface area (Å²) in [5, 5.41) is 0. The number of carbonyl (C=O) groups is 1. The van der Waals surface area contributed by atoms with Crippen molar-refractivity contribution in [2.75, 3.05) is 6.54 Å². The SMILES string of the molecule is C=CC(=O)N1CCc2ncc(C(C)C)cc2C1. The lowest BCUT2D eigenvalue weighted by molar-refractivity contribution is -0.126. The molecule has 2 rings (SSSR count). The molecule has 1 aromatic rings. The van der Waals surface area contributed by atoms with E-state index in [0.717, 1.165) is 18.7 Å². The van der Waals surface area contributed by atoms with E-state index in [1.165, 1.54) is 17.2 Å². The molecule has 1 aliphatic heterocycles. The molecule has 0 aromatic carbocycles. The molecule has 0 N–H and O–H groups in total. The Bertz CT molecular complexity index is 452. The molecule has 1 amide bonds. The summed E-state index contributed by atoms with van der Waals surface area (Å²) in [6.07, 6.45) is 4.17. The molecule has 17 heavy (non-hydrogen) atoms. The van der Waals surface area contributed by atoms with Crippen molar-refractivity contribution in [2.24, 2.45) is 0 Å². The van der Waals surface area contributed by atoms with E-state index in [4.69, 9.17) is 0 Å². The van der Waals surface area contributed by atoms with Crippen LogP contribution in [0.1, 0.15) is 36.6 Å². The van der Waals surface area contributed by atoms with Crippen LogP contribution >= 0.6 is 0 Å². The van der Waals surface area contributed by atoms with Crippen molar-refractivity contribution >= 4 is 5.91 Å². The minimum Gasteiger partial charge on any atom is -0.334 e. The molecule has 0 saturated carbocycles. The van der Waals surface area contributed by atoms with Crippen LogP contribution in [0, 0.1) is 0 Å². The van der Waals surface area contributed by atoms with Crippen LogP contribution in [0.2, 0.25) is 0 Å². The highest BCUT2D eigenvalue weighted by atomic mass is 16.2. The van der Waals surface area contributed by atoms with Crippen LogP contribution in [0.3, 0.4) is 0 Å². The van der Waals surface area contributed by atoms with Gasteiger partial charge >= 0.3 is 0 Å². The van der Waals surface area contributed by atoms with Gasteiger partial charge < -0.3 is 4.90 Å². The molecule has 1 aliphatic rings. The summed E-state index contributed by atoms with van der Waals surface area (Å²) in [4.78, 5) is 17.9. The summed E-state index contributed by atoms with van der Waals surface area (Å²) in [5.41, 5.74) is 3.54. The average molecular weight is 230 g/mol. The Morgan fingerprint density at radius 1 is 1.59 bits per heavy atom. The maximum Gasteiger partial charge on any atom is 0.246 e. The van der Waals surface area contributed by atoms with Crippen molar-refractivity contribution in [3.63, 3.8) is 0 Å². The van der Waals surface area contributed by atoms with Crippen molar-refractivity contribution in [3.8, 4) is 0 Å². The van der Waals surface area contributed by atoms with Crippen LogP contribution in [0.25, 0.3) is 0 Å². The molecule has 0 spiro atoms. The number of hydrogen-bond donors (Lipinski definition) is 0. The molecule has 0 bridgehead atoms. The predicted octanol–water partition coefficient (Wildman–Crippen LogP) is 2.28. The average Bonchev–Trinajstić information content (AvgIpc) is 2.36. The van der Waals surface area contributed by atoms with Crippen molar-refractivity contribution in [1.82, 2.24) is 9.88 Å². The Morgan fingerprint density at radius 3 is 3.00 bits per heavy atom. The van der Waals surface area contributed by atoms with Crippen LogP contribution in [0.15, 0.2) is 24.9 Å². The lowest BCUT2D eigenvalue weighted by atomic mass is 9.99. The summed E-state index contributed by atoms with van der Waals surface area (Å²) < 4.78 is 0. The van der Waals surface area contributed by atoms with Crippen molar-refractivity contribution in [3.05, 3.63) is 41.7 Å². The van der Waals surface area contributed by atoms with Gasteiger partial charge in [0.1, 0.15) is 0 Å². The van der Waals surface area contributed by atoms with E-state index in [2.05, 4.69) is 31.5 Å². The van der Waals surface area contributed by atoms with E-state index < -0.39 is 0 Å². The van der Waals surface area contributed by atoms with Crippen molar-refractivity contribution < 1.29 is 4.79 Å². The van der Waals surface area contributed by atoms with Crippen LogP contribution in [-0.2, 0) is 17.8 Å². The Morgan fingerprint density at radius 2 is 2.35 bits per heavy atom. The molecule has 2 heterocycles. The van der Waals surface area contributed by atoms with E-state index >= 15 is 0 Å². The molecule has 1 aromatic heterocycles. The zero-order chi connectivity index (χ0) is 12.4. The van der Waals surface area contributed by atoms with E-state index in [-0.39, 0.29) is 5.91 Å². The van der Waals surface area contributed by atoms with Crippen molar-refractivity contribution in [1.29, 1.82) is 0 Å². The fourth-order valence-corrected chi connectivity index (χ4v) is 2.08. The van der Waals surface area contributed by atoms with E-state index in [0.29, 0.717) is 12.5 Å². The molecule has 0 atom stereocenters. The standard InChI is InChI=1S/C14H18N2O/c1-4-14(17)16-6-5-13-12(9-16)7-11(8-15-13)10(2)3/h4,7-8,10H,1,5-6,9H2,2-3H3. The van der Waals surface area contributed by atoms with Gasteiger partial charge in [0.2, 0.25) is 5.91 Å². The smallest absolute Gasteiger partial charge is 0.246 e. The molecule has 3 nitrogen and oxygen atoms in total. The Hall–Kier alpha value is -1.64. The zero-order valence-electron chi connectivity index (χ0n) is 10.4. The van der Waals surface area contributed by atoms with Gasteiger partial charge in [-0.3, -0.25) is 9.78 Å². The molecular formula is C14H18N2O. The second kappa shape index (κ2) is 4.70. The molecule has 90 valence electrons. The van der Waals surface area contributed by atoms with Crippen molar-refractivity contribution in [2.45, 2.75) is 32.7 Å². The maximum atomic E-state index is 11.6. The van der Waals surface area contributed by atoms with Gasteiger partial charge in [0.15, 0.2) is 0 Å². The normalized spacial score (nSPS) is 14.6. The van der Waals surface area contributed by atoms with Crippen LogP contribution in [0.4, 0.5) is 0 Å². The number of hydrogen-bond acceptors (Lipinski definition) is 2. The van der Waals surface area contributed by atoms with Gasteiger partial charge in [-0.1, -0.05) is 26.5 Å². The molecule has 0 radical (unpaired) electrons. The number of pyridine rings is 1. The monoisotopic (exact) mass is 230 g/mol. The number of nitrogens with zero attached hydrogens (tertiary/aromatic N) is 2. The Kier molecular flexibility index (Phi) is 3.27. The fourth-order valence-electron chi connectivity index (χ4n) is 2.08. The third kappa shape index (κ3) is 2.38. The van der Waals surface area contributed by atoms with Crippen LogP contribution in [-0.4, -0.2) is 22.3 Å². The fraction of sp³-hybridized carbons (Fsp3) is 0.429. The lowest BCUT2D eigenvalue weighted by Gasteiger charge is -2.27. The molecule has 0 fully saturated rings. The topological polar surface area (TPSA) is 33.2 Å². The molecule has 0 saturated heterocycles. The van der Waals surface area contributed by atoms with E-state index in [1.54, 1.807) is 0 Å². The van der Waals surface area contributed by atoms with Gasteiger partial charge in [0.25, 0.3) is 0 Å². The molecular weight excluding hydrogens is 212 g/mol. The number of amides is 1. The Balaban J connectivity index is 2.26. The van der Waals surface area contributed by atoms with Crippen LogP contribution in [0.5, 0.6) is 0 Å². The second-order valence-electron chi connectivity index (χ2n) is 4.74. The summed E-state index contributed by atoms with van der Waals surface area (Å²) in [7, 11) is 0. The first kappa shape index (κ1) is 11.8. The van der Waals surface area contributed by atoms with Gasteiger partial charge in [-0.05, 0) is 23.1 Å². The van der Waals surface area contributed by atoms with Gasteiger partial charge in [0.05, 0.1) is 0 Å². The minimum atomic E-state index is 0.00519. The number of aromatic nitrogens is 1. The Labute approximate surface area is 102 Å². The zero-order valence-corrected chi connectivity index (χ0v) is 10.4. The molecule has 0 unspecified atom stereocenters.